The van der Waals surface area contributed by atoms with Gasteiger partial charge in [-0.2, -0.15) is 5.53 Å². The number of rotatable bonds is 0. The molecule has 2 heterocycles. The van der Waals surface area contributed by atoms with E-state index >= 15 is 0 Å². The highest BCUT2D eigenvalue weighted by Gasteiger charge is 2.18. The molecule has 0 radical (unpaired) electrons. The first-order valence-electron chi connectivity index (χ1n) is 2.86. The standard InChI is InChI=1S/C5H8N4/c1-2-4-5(6-3-1)8-9-7-4/h1-3,5-9H. The van der Waals surface area contributed by atoms with Crippen LogP contribution in [0.15, 0.2) is 24.0 Å². The van der Waals surface area contributed by atoms with E-state index in [9.17, 15) is 0 Å². The highest BCUT2D eigenvalue weighted by Crippen LogP contribution is 2.01. The van der Waals surface area contributed by atoms with Gasteiger partial charge in [-0.15, -0.1) is 0 Å². The van der Waals surface area contributed by atoms with Crippen LogP contribution in [-0.4, -0.2) is 6.17 Å². The molecule has 4 heteroatoms. The number of hydrogen-bond acceptors (Lipinski definition) is 4. The van der Waals surface area contributed by atoms with E-state index in [1.807, 2.05) is 18.4 Å². The quantitative estimate of drug-likeness (QED) is 0.332. The maximum absolute atomic E-state index is 3.10. The first-order valence-corrected chi connectivity index (χ1v) is 2.86. The van der Waals surface area contributed by atoms with Gasteiger partial charge in [-0.3, -0.25) is 0 Å². The van der Waals surface area contributed by atoms with Crippen molar-refractivity contribution in [3.8, 4) is 0 Å². The summed E-state index contributed by atoms with van der Waals surface area (Å²) in [6, 6.07) is 0. The molecule has 1 saturated heterocycles. The van der Waals surface area contributed by atoms with Gasteiger partial charge in [-0.25, -0.2) is 5.43 Å². The van der Waals surface area contributed by atoms with Crippen molar-refractivity contribution in [3.05, 3.63) is 24.0 Å². The van der Waals surface area contributed by atoms with Crippen LogP contribution in [0.1, 0.15) is 0 Å². The van der Waals surface area contributed by atoms with Gasteiger partial charge < -0.3 is 10.7 Å². The molecule has 48 valence electrons. The van der Waals surface area contributed by atoms with Gasteiger partial charge >= 0.3 is 0 Å². The maximum Gasteiger partial charge on any atom is 0.133 e. The fourth-order valence-electron chi connectivity index (χ4n) is 0.903. The molecule has 0 aromatic carbocycles. The van der Waals surface area contributed by atoms with Crippen LogP contribution in [0.2, 0.25) is 0 Å². The summed E-state index contributed by atoms with van der Waals surface area (Å²) in [4.78, 5) is 0. The summed E-state index contributed by atoms with van der Waals surface area (Å²) < 4.78 is 0. The van der Waals surface area contributed by atoms with Crippen LogP contribution < -0.4 is 21.7 Å². The smallest absolute Gasteiger partial charge is 0.133 e. The zero-order chi connectivity index (χ0) is 6.10. The lowest BCUT2D eigenvalue weighted by Gasteiger charge is -2.12. The lowest BCUT2D eigenvalue weighted by molar-refractivity contribution is 0.517. The number of hydrazine groups is 2. The Balaban J connectivity index is 2.23. The van der Waals surface area contributed by atoms with Crippen LogP contribution >= 0.6 is 0 Å². The lowest BCUT2D eigenvalue weighted by Crippen LogP contribution is -2.40. The summed E-state index contributed by atoms with van der Waals surface area (Å²) in [5, 5.41) is 3.10. The molecule has 0 aromatic heterocycles. The van der Waals surface area contributed by atoms with Gasteiger partial charge in [-0.05, 0) is 18.4 Å². The van der Waals surface area contributed by atoms with Crippen molar-refractivity contribution in [1.29, 1.82) is 0 Å². The lowest BCUT2D eigenvalue weighted by atomic mass is 10.3. The minimum absolute atomic E-state index is 0.218. The Hall–Kier alpha value is -1.00. The third-order valence-electron chi connectivity index (χ3n) is 1.37. The monoisotopic (exact) mass is 124 g/mol. The van der Waals surface area contributed by atoms with Gasteiger partial charge in [0.2, 0.25) is 0 Å². The normalized spacial score (nSPS) is 30.2. The summed E-state index contributed by atoms with van der Waals surface area (Å²) in [5.74, 6) is 0. The Labute approximate surface area is 52.9 Å². The zero-order valence-electron chi connectivity index (χ0n) is 4.81. The van der Waals surface area contributed by atoms with Crippen molar-refractivity contribution in [2.24, 2.45) is 0 Å². The third-order valence-corrected chi connectivity index (χ3v) is 1.37. The molecule has 1 atom stereocenters. The van der Waals surface area contributed by atoms with Crippen LogP contribution in [0, 0.1) is 0 Å². The molecule has 4 N–H and O–H groups in total. The largest absolute Gasteiger partial charge is 0.370 e. The van der Waals surface area contributed by atoms with E-state index in [1.165, 1.54) is 0 Å². The minimum Gasteiger partial charge on any atom is -0.370 e. The number of allylic oxidation sites excluding steroid dienone is 2. The average Bonchev–Trinajstić information content (AvgIpc) is 2.33. The molecule has 4 nitrogen and oxygen atoms in total. The number of nitrogens with one attached hydrogen (secondary N) is 4. The van der Waals surface area contributed by atoms with E-state index in [2.05, 4.69) is 21.7 Å². The number of dihydropyridines is 1. The van der Waals surface area contributed by atoms with E-state index in [0.29, 0.717) is 0 Å². The average molecular weight is 124 g/mol. The fraction of sp³-hybridized carbons (Fsp3) is 0.200. The van der Waals surface area contributed by atoms with Crippen LogP contribution in [0.25, 0.3) is 0 Å². The van der Waals surface area contributed by atoms with Gasteiger partial charge in [0, 0.05) is 0 Å². The Kier molecular flexibility index (Phi) is 0.941. The Bertz CT molecular complexity index is 172. The van der Waals surface area contributed by atoms with Gasteiger partial charge in [-0.1, -0.05) is 0 Å². The maximum atomic E-state index is 3.10. The molecular formula is C5H8N4. The van der Waals surface area contributed by atoms with Gasteiger partial charge in [0.25, 0.3) is 0 Å². The van der Waals surface area contributed by atoms with Crippen molar-refractivity contribution < 1.29 is 0 Å². The zero-order valence-corrected chi connectivity index (χ0v) is 4.81. The Morgan fingerprint density at radius 2 is 2.44 bits per heavy atom. The first-order chi connectivity index (χ1) is 4.47. The van der Waals surface area contributed by atoms with E-state index in [4.69, 9.17) is 0 Å². The van der Waals surface area contributed by atoms with Gasteiger partial charge in [0.15, 0.2) is 0 Å². The van der Waals surface area contributed by atoms with Crippen LogP contribution in [0.4, 0.5) is 0 Å². The second-order valence-corrected chi connectivity index (χ2v) is 1.98. The molecule has 0 saturated carbocycles. The topological polar surface area (TPSA) is 48.1 Å². The van der Waals surface area contributed by atoms with E-state index in [1.54, 1.807) is 0 Å². The van der Waals surface area contributed by atoms with Crippen LogP contribution in [0.5, 0.6) is 0 Å². The van der Waals surface area contributed by atoms with Gasteiger partial charge in [0.1, 0.15) is 6.17 Å². The minimum atomic E-state index is 0.218. The van der Waals surface area contributed by atoms with E-state index < -0.39 is 0 Å². The summed E-state index contributed by atoms with van der Waals surface area (Å²) in [6.45, 7) is 0. The third kappa shape index (κ3) is 0.684. The highest BCUT2D eigenvalue weighted by molar-refractivity contribution is 5.21. The molecule has 0 bridgehead atoms. The van der Waals surface area contributed by atoms with Crippen molar-refractivity contribution in [1.82, 2.24) is 21.7 Å². The van der Waals surface area contributed by atoms with Crippen molar-refractivity contribution >= 4 is 0 Å². The second kappa shape index (κ2) is 1.75. The molecule has 0 aromatic rings. The summed E-state index contributed by atoms with van der Waals surface area (Å²) in [7, 11) is 0. The molecule has 1 unspecified atom stereocenters. The van der Waals surface area contributed by atoms with Crippen LogP contribution in [0.3, 0.4) is 0 Å². The summed E-state index contributed by atoms with van der Waals surface area (Å²) in [5.41, 5.74) is 9.83. The number of fused-ring (bicyclic) bond motifs is 1. The predicted molar refractivity (Wildman–Crippen MR) is 33.6 cm³/mol. The molecule has 9 heavy (non-hydrogen) atoms. The molecule has 1 fully saturated rings. The van der Waals surface area contributed by atoms with E-state index in [-0.39, 0.29) is 6.17 Å². The first kappa shape index (κ1) is 4.84. The van der Waals surface area contributed by atoms with Crippen molar-refractivity contribution in [2.75, 3.05) is 0 Å². The summed E-state index contributed by atoms with van der Waals surface area (Å²) >= 11 is 0. The molecule has 2 aliphatic heterocycles. The van der Waals surface area contributed by atoms with Crippen LogP contribution in [-0.2, 0) is 0 Å². The molecule has 2 aliphatic rings. The molecule has 2 rings (SSSR count). The van der Waals surface area contributed by atoms with Gasteiger partial charge in [0.05, 0.1) is 5.70 Å². The fourth-order valence-corrected chi connectivity index (χ4v) is 0.903. The predicted octanol–water partition coefficient (Wildman–Crippen LogP) is -1.07. The number of hydrogen-bond donors (Lipinski definition) is 4. The van der Waals surface area contributed by atoms with Crippen molar-refractivity contribution in [3.63, 3.8) is 0 Å². The molecule has 0 spiro atoms. The van der Waals surface area contributed by atoms with E-state index in [0.717, 1.165) is 5.70 Å². The molecule has 0 aliphatic carbocycles. The SMILES string of the molecule is C1=CNC2NNNC2=C1. The molecular weight excluding hydrogens is 116 g/mol. The molecule has 0 amide bonds. The second-order valence-electron chi connectivity index (χ2n) is 1.98. The highest BCUT2D eigenvalue weighted by atomic mass is 15.7. The van der Waals surface area contributed by atoms with Crippen molar-refractivity contribution in [2.45, 2.75) is 6.17 Å². The Morgan fingerprint density at radius 3 is 3.33 bits per heavy atom. The summed E-state index contributed by atoms with van der Waals surface area (Å²) in [6.07, 6.45) is 6.08. The Morgan fingerprint density at radius 1 is 1.44 bits per heavy atom.